The van der Waals surface area contributed by atoms with E-state index in [1.165, 1.54) is 6.42 Å². The second-order valence-electron chi connectivity index (χ2n) is 3.13. The summed E-state index contributed by atoms with van der Waals surface area (Å²) < 4.78 is 0. The first-order chi connectivity index (χ1) is 5.22. The van der Waals surface area contributed by atoms with Gasteiger partial charge in [-0.25, -0.2) is 0 Å². The SMILES string of the molecule is CC(=O)N(C)[C@@H]1CCCNC1.Cl. The molecule has 1 N–H and O–H groups in total. The zero-order valence-electron chi connectivity index (χ0n) is 7.67. The molecule has 1 saturated heterocycles. The Hall–Kier alpha value is -0.280. The Morgan fingerprint density at radius 3 is 2.67 bits per heavy atom. The lowest BCUT2D eigenvalue weighted by Gasteiger charge is -2.30. The van der Waals surface area contributed by atoms with Gasteiger partial charge in [-0.05, 0) is 19.4 Å². The number of amides is 1. The highest BCUT2D eigenvalue weighted by Crippen LogP contribution is 2.07. The summed E-state index contributed by atoms with van der Waals surface area (Å²) in [6, 6.07) is 0.418. The van der Waals surface area contributed by atoms with Crippen molar-refractivity contribution < 1.29 is 4.79 Å². The number of nitrogens with one attached hydrogen (secondary N) is 1. The van der Waals surface area contributed by atoms with E-state index in [1.807, 2.05) is 11.9 Å². The maximum atomic E-state index is 10.9. The third-order valence-corrected chi connectivity index (χ3v) is 2.32. The lowest BCUT2D eigenvalue weighted by Crippen LogP contribution is -2.45. The summed E-state index contributed by atoms with van der Waals surface area (Å²) in [7, 11) is 1.88. The summed E-state index contributed by atoms with van der Waals surface area (Å²) >= 11 is 0. The smallest absolute Gasteiger partial charge is 0.219 e. The van der Waals surface area contributed by atoms with Gasteiger partial charge in [0.1, 0.15) is 0 Å². The van der Waals surface area contributed by atoms with Gasteiger partial charge in [-0.1, -0.05) is 0 Å². The van der Waals surface area contributed by atoms with Gasteiger partial charge in [0, 0.05) is 26.6 Å². The molecule has 3 nitrogen and oxygen atoms in total. The fraction of sp³-hybridized carbons (Fsp3) is 0.875. The van der Waals surface area contributed by atoms with Crippen molar-refractivity contribution in [2.75, 3.05) is 20.1 Å². The lowest BCUT2D eigenvalue weighted by atomic mass is 10.1. The van der Waals surface area contributed by atoms with Crippen LogP contribution < -0.4 is 5.32 Å². The summed E-state index contributed by atoms with van der Waals surface area (Å²) in [5.41, 5.74) is 0. The van der Waals surface area contributed by atoms with Gasteiger partial charge < -0.3 is 10.2 Å². The van der Waals surface area contributed by atoms with Gasteiger partial charge in [-0.2, -0.15) is 0 Å². The first-order valence-electron chi connectivity index (χ1n) is 4.16. The number of piperidine rings is 1. The summed E-state index contributed by atoms with van der Waals surface area (Å²) in [6.07, 6.45) is 2.32. The first-order valence-corrected chi connectivity index (χ1v) is 4.16. The number of hydrogen-bond acceptors (Lipinski definition) is 2. The molecular weight excluding hydrogens is 176 g/mol. The molecule has 1 amide bonds. The van der Waals surface area contributed by atoms with Crippen molar-refractivity contribution in [3.63, 3.8) is 0 Å². The van der Waals surface area contributed by atoms with Crippen LogP contribution in [0.4, 0.5) is 0 Å². The number of halogens is 1. The minimum atomic E-state index is 0. The molecule has 1 aliphatic rings. The molecule has 1 rings (SSSR count). The molecule has 1 atom stereocenters. The zero-order chi connectivity index (χ0) is 8.27. The number of hydrogen-bond donors (Lipinski definition) is 1. The maximum absolute atomic E-state index is 10.9. The summed E-state index contributed by atoms with van der Waals surface area (Å²) in [5.74, 6) is 0.165. The highest BCUT2D eigenvalue weighted by molar-refractivity contribution is 5.85. The van der Waals surface area contributed by atoms with Crippen molar-refractivity contribution in [3.8, 4) is 0 Å². The number of likely N-dealkylation sites (N-methyl/N-ethyl adjacent to an activating group) is 1. The van der Waals surface area contributed by atoms with Gasteiger partial charge in [-0.15, -0.1) is 12.4 Å². The first kappa shape index (κ1) is 11.7. The van der Waals surface area contributed by atoms with Crippen LogP contribution >= 0.6 is 12.4 Å². The van der Waals surface area contributed by atoms with Gasteiger partial charge >= 0.3 is 0 Å². The predicted octanol–water partition coefficient (Wildman–Crippen LogP) is 0.638. The van der Waals surface area contributed by atoms with Gasteiger partial charge in [0.15, 0.2) is 0 Å². The Labute approximate surface area is 79.9 Å². The van der Waals surface area contributed by atoms with E-state index in [1.54, 1.807) is 6.92 Å². The van der Waals surface area contributed by atoms with Crippen LogP contribution in [0, 0.1) is 0 Å². The Balaban J connectivity index is 0.00000121. The Morgan fingerprint density at radius 1 is 1.58 bits per heavy atom. The molecule has 0 spiro atoms. The molecule has 1 aliphatic heterocycles. The van der Waals surface area contributed by atoms with E-state index in [4.69, 9.17) is 0 Å². The maximum Gasteiger partial charge on any atom is 0.219 e. The quantitative estimate of drug-likeness (QED) is 0.662. The molecule has 12 heavy (non-hydrogen) atoms. The van der Waals surface area contributed by atoms with E-state index in [9.17, 15) is 4.79 Å². The second kappa shape index (κ2) is 5.38. The molecule has 0 aromatic heterocycles. The van der Waals surface area contributed by atoms with Gasteiger partial charge in [0.2, 0.25) is 5.91 Å². The summed E-state index contributed by atoms with van der Waals surface area (Å²) in [5, 5.41) is 3.28. The lowest BCUT2D eigenvalue weighted by molar-refractivity contribution is -0.129. The molecule has 4 heteroatoms. The molecule has 0 aromatic carbocycles. The summed E-state index contributed by atoms with van der Waals surface area (Å²) in [6.45, 7) is 3.67. The largest absolute Gasteiger partial charge is 0.342 e. The summed E-state index contributed by atoms with van der Waals surface area (Å²) in [4.78, 5) is 12.8. The standard InChI is InChI=1S/C8H16N2O.ClH/c1-7(11)10(2)8-4-3-5-9-6-8;/h8-9H,3-6H2,1-2H3;1H/t8-;/m1./s1. The van der Waals surface area contributed by atoms with E-state index in [-0.39, 0.29) is 18.3 Å². The second-order valence-corrected chi connectivity index (χ2v) is 3.13. The molecule has 0 saturated carbocycles. The highest BCUT2D eigenvalue weighted by Gasteiger charge is 2.18. The topological polar surface area (TPSA) is 32.3 Å². The monoisotopic (exact) mass is 192 g/mol. The molecule has 0 bridgehead atoms. The molecular formula is C8H17ClN2O. The van der Waals surface area contributed by atoms with Crippen molar-refractivity contribution in [2.24, 2.45) is 0 Å². The average Bonchev–Trinajstić information content (AvgIpc) is 2.05. The van der Waals surface area contributed by atoms with Gasteiger partial charge in [0.25, 0.3) is 0 Å². The minimum absolute atomic E-state index is 0. The number of carbonyl (C=O) groups is 1. The van der Waals surface area contributed by atoms with Crippen molar-refractivity contribution in [1.82, 2.24) is 10.2 Å². The van der Waals surface area contributed by atoms with Gasteiger partial charge in [0.05, 0.1) is 0 Å². The minimum Gasteiger partial charge on any atom is -0.342 e. The third kappa shape index (κ3) is 2.99. The van der Waals surface area contributed by atoms with E-state index in [2.05, 4.69) is 5.32 Å². The predicted molar refractivity (Wildman–Crippen MR) is 51.6 cm³/mol. The van der Waals surface area contributed by atoms with Crippen LogP contribution in [0.2, 0.25) is 0 Å². The molecule has 1 fully saturated rings. The number of rotatable bonds is 1. The van der Waals surface area contributed by atoms with Crippen molar-refractivity contribution in [1.29, 1.82) is 0 Å². The van der Waals surface area contributed by atoms with E-state index in [0.717, 1.165) is 19.5 Å². The Kier molecular flexibility index (Phi) is 5.25. The van der Waals surface area contributed by atoms with Crippen molar-refractivity contribution >= 4 is 18.3 Å². The van der Waals surface area contributed by atoms with Crippen LogP contribution in [0.1, 0.15) is 19.8 Å². The van der Waals surface area contributed by atoms with Crippen LogP contribution in [-0.2, 0) is 4.79 Å². The fourth-order valence-electron chi connectivity index (χ4n) is 1.42. The molecule has 1 heterocycles. The van der Waals surface area contributed by atoms with E-state index < -0.39 is 0 Å². The Bertz CT molecular complexity index is 146. The van der Waals surface area contributed by atoms with Crippen LogP contribution in [0.25, 0.3) is 0 Å². The van der Waals surface area contributed by atoms with Crippen molar-refractivity contribution in [2.45, 2.75) is 25.8 Å². The van der Waals surface area contributed by atoms with Crippen LogP contribution in [0.5, 0.6) is 0 Å². The molecule has 0 aliphatic carbocycles. The normalized spacial score (nSPS) is 22.7. The average molecular weight is 193 g/mol. The van der Waals surface area contributed by atoms with Crippen LogP contribution in [0.3, 0.4) is 0 Å². The molecule has 72 valence electrons. The third-order valence-electron chi connectivity index (χ3n) is 2.32. The van der Waals surface area contributed by atoms with E-state index in [0.29, 0.717) is 6.04 Å². The zero-order valence-corrected chi connectivity index (χ0v) is 8.49. The molecule has 0 unspecified atom stereocenters. The van der Waals surface area contributed by atoms with Gasteiger partial charge in [-0.3, -0.25) is 4.79 Å². The van der Waals surface area contributed by atoms with Crippen LogP contribution in [-0.4, -0.2) is 37.0 Å². The number of nitrogens with zero attached hydrogens (tertiary/aromatic N) is 1. The fourth-order valence-corrected chi connectivity index (χ4v) is 1.42. The molecule has 0 radical (unpaired) electrons. The molecule has 0 aromatic rings. The number of carbonyl (C=O) groups excluding carboxylic acids is 1. The highest BCUT2D eigenvalue weighted by atomic mass is 35.5. The van der Waals surface area contributed by atoms with Crippen molar-refractivity contribution in [3.05, 3.63) is 0 Å². The van der Waals surface area contributed by atoms with E-state index >= 15 is 0 Å². The Morgan fingerprint density at radius 2 is 2.25 bits per heavy atom. The van der Waals surface area contributed by atoms with Crippen LogP contribution in [0.15, 0.2) is 0 Å².